The van der Waals surface area contributed by atoms with Crippen molar-refractivity contribution in [2.45, 2.75) is 145 Å². The van der Waals surface area contributed by atoms with Gasteiger partial charge in [-0.15, -0.1) is 0 Å². The summed E-state index contributed by atoms with van der Waals surface area (Å²) in [6, 6.07) is -14.8. The Labute approximate surface area is 486 Å². The molecule has 7 atom stereocenters. The van der Waals surface area contributed by atoms with E-state index in [1.165, 1.54) is 0 Å². The van der Waals surface area contributed by atoms with E-state index < -0.39 is 164 Å². The van der Waals surface area contributed by atoms with Crippen molar-refractivity contribution in [2.24, 2.45) is 5.73 Å². The van der Waals surface area contributed by atoms with Crippen molar-refractivity contribution in [1.29, 1.82) is 0 Å². The van der Waals surface area contributed by atoms with Gasteiger partial charge in [0.2, 0.25) is 41.4 Å². The number of amides is 7. The van der Waals surface area contributed by atoms with Crippen LogP contribution >= 0.6 is 63.7 Å². The second kappa shape index (κ2) is 34.3. The molecule has 0 saturated carbocycles. The molecule has 1 aromatic carbocycles. The summed E-state index contributed by atoms with van der Waals surface area (Å²) in [6.07, 6.45) is -2.81. The average molecular weight is 1390 g/mol. The summed E-state index contributed by atoms with van der Waals surface area (Å²) < 4.78 is 5.13. The highest BCUT2D eigenvalue weighted by Crippen LogP contribution is 2.43. The minimum atomic E-state index is -2.36. The fourth-order valence-electron chi connectivity index (χ4n) is 7.40. The Morgan fingerprint density at radius 2 is 0.750 bits per heavy atom. The molecule has 0 unspecified atom stereocenters. The molecule has 35 heteroatoms. The van der Waals surface area contributed by atoms with Gasteiger partial charge in [0.1, 0.15) is 47.8 Å². The molecule has 80 heavy (non-hydrogen) atoms. The minimum absolute atomic E-state index is 0.164. The molecule has 1 heterocycles. The van der Waals surface area contributed by atoms with Crippen LogP contribution in [0.25, 0.3) is 11.0 Å². The number of benzene rings is 1. The van der Waals surface area contributed by atoms with Gasteiger partial charge in [-0.25, -0.2) is 9.78 Å². The van der Waals surface area contributed by atoms with Crippen LogP contribution in [-0.2, 0) is 73.7 Å². The molecule has 0 fully saturated rings. The highest BCUT2D eigenvalue weighted by atomic mass is 79.9. The summed E-state index contributed by atoms with van der Waals surface area (Å²) in [5.74, 6) is -22.3. The van der Waals surface area contributed by atoms with Crippen LogP contribution in [0.1, 0.15) is 96.3 Å². The number of carbonyl (C=O) groups excluding carboxylic acids is 7. The van der Waals surface area contributed by atoms with E-state index in [2.05, 4.69) is 74.0 Å². The number of rotatable bonds is 38. The highest BCUT2D eigenvalue weighted by molar-refractivity contribution is 9.15. The number of carbonyl (C=O) groups is 14. The standard InChI is InChI=1S/C45H58Br4N10O21/c46-33-34(47)36(49)38-37(35(33)48)51-18-59(38)11-7-3-1-2-4-9-26(60)52-20(12-27(61)62)39(73)54-22(14-29(65)66)41(75)56-24(16-31(69)70)43(77)58-25(17-32(71)72)44(78)57-23(15-30(67)68)42(76)55-21(13-28(63)64)40(74)53-19(45(79)80)8-5-6-10-50/h18-25H,1-17,50H2,(H,52,60)(H,53,74)(H,54,73)(H,55,76)(H,56,75)(H,57,78)(H,58,77)(H,61,62)(H,63,64)(H,65,66)(H,67,68)(H,69,70)(H,71,72)(H,79,80)/t19-,20-,21-,22-,23-,24-,25-/m0/s1. The fraction of sp³-hybridized carbons (Fsp3) is 0.533. The molecule has 31 nitrogen and oxygen atoms in total. The summed E-state index contributed by atoms with van der Waals surface area (Å²) in [7, 11) is 0. The third-order valence-corrected chi connectivity index (χ3v) is 16.0. The first-order valence-electron chi connectivity index (χ1n) is 24.0. The third kappa shape index (κ3) is 23.9. The van der Waals surface area contributed by atoms with Crippen molar-refractivity contribution < 1.29 is 103 Å². The van der Waals surface area contributed by atoms with E-state index in [0.717, 1.165) is 41.8 Å². The number of nitrogens with zero attached hydrogens (tertiary/aromatic N) is 2. The number of nitrogens with one attached hydrogen (secondary N) is 7. The fourth-order valence-corrected chi connectivity index (χ4v) is 9.80. The predicted molar refractivity (Wildman–Crippen MR) is 286 cm³/mol. The lowest BCUT2D eigenvalue weighted by molar-refractivity contribution is -0.145. The van der Waals surface area contributed by atoms with Crippen LogP contribution in [0, 0.1) is 0 Å². The summed E-state index contributed by atoms with van der Waals surface area (Å²) >= 11 is 14.2. The number of aromatic nitrogens is 2. The van der Waals surface area contributed by atoms with Crippen LogP contribution in [0.15, 0.2) is 24.2 Å². The molecular weight excluding hydrogens is 1340 g/mol. The second-order valence-corrected chi connectivity index (χ2v) is 20.8. The topological polar surface area (TPSA) is 509 Å². The average Bonchev–Trinajstić information content (AvgIpc) is 3.82. The van der Waals surface area contributed by atoms with Crippen molar-refractivity contribution >= 4 is 158 Å². The van der Waals surface area contributed by atoms with Gasteiger partial charge in [0.15, 0.2) is 0 Å². The van der Waals surface area contributed by atoms with Crippen molar-refractivity contribution in [2.75, 3.05) is 6.54 Å². The Bertz CT molecular complexity index is 2680. The number of fused-ring (bicyclic) bond motifs is 1. The van der Waals surface area contributed by atoms with Gasteiger partial charge in [-0.05, 0) is 102 Å². The number of unbranched alkanes of at least 4 members (excludes halogenated alkanes) is 5. The SMILES string of the molecule is NCCCC[C@H](NC(=O)[C@H](CC(=O)O)NC(=O)[C@H](CC(=O)O)NC(=O)[C@H](CC(=O)O)NC(=O)[C@H](CC(=O)O)NC(=O)[C@H](CC(=O)O)NC(=O)[C@H](CC(=O)O)NC(=O)CCCCCCCn1cnc2c(Br)c(Br)c(Br)c(Br)c21)C(=O)O. The molecule has 0 radical (unpaired) electrons. The summed E-state index contributed by atoms with van der Waals surface area (Å²) in [4.78, 5) is 180. The second-order valence-electron chi connectivity index (χ2n) is 17.6. The Morgan fingerprint density at radius 3 is 1.10 bits per heavy atom. The maximum atomic E-state index is 13.6. The van der Waals surface area contributed by atoms with Gasteiger partial charge in [0.25, 0.3) is 0 Å². The van der Waals surface area contributed by atoms with E-state index in [1.807, 2.05) is 31.2 Å². The van der Waals surface area contributed by atoms with Gasteiger partial charge in [-0.3, -0.25) is 62.3 Å². The molecule has 0 aliphatic rings. The molecule has 442 valence electrons. The molecule has 2 aromatic rings. The molecule has 0 spiro atoms. The number of nitrogens with two attached hydrogens (primary N) is 1. The molecule has 0 aliphatic carbocycles. The van der Waals surface area contributed by atoms with Crippen LogP contribution < -0.4 is 43.0 Å². The van der Waals surface area contributed by atoms with Crippen LogP contribution in [-0.4, -0.2) is 177 Å². The summed E-state index contributed by atoms with van der Waals surface area (Å²) in [5.41, 5.74) is 7.01. The number of imidazole rings is 1. The van der Waals surface area contributed by atoms with Crippen LogP contribution in [0.2, 0.25) is 0 Å². The monoisotopic (exact) mass is 1390 g/mol. The number of hydrogen-bond donors (Lipinski definition) is 15. The molecule has 0 saturated heterocycles. The normalized spacial score (nSPS) is 13.6. The van der Waals surface area contributed by atoms with Gasteiger partial charge in [-0.1, -0.05) is 19.3 Å². The lowest BCUT2D eigenvalue weighted by atomic mass is 10.1. The van der Waals surface area contributed by atoms with Crippen LogP contribution in [0.5, 0.6) is 0 Å². The number of carboxylic acid groups (broad SMARTS) is 7. The summed E-state index contributed by atoms with van der Waals surface area (Å²) in [6.45, 7) is 0.784. The zero-order chi connectivity index (χ0) is 60.6. The maximum absolute atomic E-state index is 13.6. The quantitative estimate of drug-likeness (QED) is 0.0237. The van der Waals surface area contributed by atoms with Gasteiger partial charge < -0.3 is 83.3 Å². The van der Waals surface area contributed by atoms with Crippen molar-refractivity contribution in [1.82, 2.24) is 46.8 Å². The number of aryl methyl sites for hydroxylation is 1. The van der Waals surface area contributed by atoms with E-state index in [-0.39, 0.29) is 25.8 Å². The minimum Gasteiger partial charge on any atom is -0.481 e. The van der Waals surface area contributed by atoms with E-state index in [1.54, 1.807) is 11.6 Å². The lowest BCUT2D eigenvalue weighted by Crippen LogP contribution is -2.61. The van der Waals surface area contributed by atoms with Crippen molar-refractivity contribution in [3.05, 3.63) is 24.2 Å². The van der Waals surface area contributed by atoms with Gasteiger partial charge in [0.05, 0.1) is 59.3 Å². The maximum Gasteiger partial charge on any atom is 0.326 e. The van der Waals surface area contributed by atoms with Gasteiger partial charge >= 0.3 is 41.8 Å². The lowest BCUT2D eigenvalue weighted by Gasteiger charge is -2.26. The van der Waals surface area contributed by atoms with Gasteiger partial charge in [-0.2, -0.15) is 0 Å². The van der Waals surface area contributed by atoms with Crippen LogP contribution in [0.4, 0.5) is 0 Å². The third-order valence-electron chi connectivity index (χ3n) is 11.3. The highest BCUT2D eigenvalue weighted by Gasteiger charge is 2.37. The summed E-state index contributed by atoms with van der Waals surface area (Å²) in [5, 5.41) is 80.3. The number of carboxylic acids is 7. The molecular formula is C45H58Br4N10O21. The number of aliphatic carboxylic acids is 7. The Balaban J connectivity index is 2.20. The van der Waals surface area contributed by atoms with E-state index in [0.29, 0.717) is 32.2 Å². The first-order valence-corrected chi connectivity index (χ1v) is 27.2. The van der Waals surface area contributed by atoms with Crippen molar-refractivity contribution in [3.8, 4) is 0 Å². The molecule has 2 rings (SSSR count). The van der Waals surface area contributed by atoms with E-state index in [9.17, 15) is 103 Å². The van der Waals surface area contributed by atoms with E-state index in [4.69, 9.17) is 5.73 Å². The number of hydrogen-bond acceptors (Lipinski definition) is 16. The molecule has 0 aliphatic heterocycles. The molecule has 1 aromatic heterocycles. The van der Waals surface area contributed by atoms with Crippen molar-refractivity contribution in [3.63, 3.8) is 0 Å². The molecule has 16 N–H and O–H groups in total. The Hall–Kier alpha value is -6.85. The van der Waals surface area contributed by atoms with Crippen LogP contribution in [0.3, 0.4) is 0 Å². The number of halogens is 4. The first-order chi connectivity index (χ1) is 37.5. The largest absolute Gasteiger partial charge is 0.481 e. The molecule has 0 bridgehead atoms. The first kappa shape index (κ1) is 69.3. The predicted octanol–water partition coefficient (Wildman–Crippen LogP) is -0.118. The zero-order valence-corrected chi connectivity index (χ0v) is 48.3. The molecule has 7 amide bonds. The van der Waals surface area contributed by atoms with E-state index >= 15 is 0 Å². The smallest absolute Gasteiger partial charge is 0.326 e. The Kier molecular flexibility index (Phi) is 29.7. The zero-order valence-electron chi connectivity index (χ0n) is 42.0. The van der Waals surface area contributed by atoms with Gasteiger partial charge in [0, 0.05) is 21.9 Å². The Morgan fingerprint density at radius 1 is 0.425 bits per heavy atom.